The monoisotopic (exact) mass is 352 g/mol. The maximum absolute atomic E-state index is 12.3. The Labute approximate surface area is 145 Å². The average Bonchev–Trinajstić information content (AvgIpc) is 2.90. The third kappa shape index (κ3) is 4.17. The number of rotatable bonds is 5. The molecule has 4 amide bonds. The summed E-state index contributed by atoms with van der Waals surface area (Å²) in [6, 6.07) is 3.45. The van der Waals surface area contributed by atoms with Gasteiger partial charge in [-0.25, -0.2) is 4.79 Å². The first kappa shape index (κ1) is 18.1. The van der Waals surface area contributed by atoms with Crippen molar-refractivity contribution in [3.05, 3.63) is 23.2 Å². The lowest BCUT2D eigenvalue weighted by atomic mass is 10.0. The molecule has 0 bridgehead atoms. The third-order valence-electron chi connectivity index (χ3n) is 3.83. The van der Waals surface area contributed by atoms with Crippen LogP contribution in [0, 0.1) is 5.92 Å². The molecular formula is C16H21ClN4O3. The zero-order valence-corrected chi connectivity index (χ0v) is 14.4. The van der Waals surface area contributed by atoms with Crippen molar-refractivity contribution >= 4 is 40.8 Å². The number of halogens is 1. The van der Waals surface area contributed by atoms with Crippen molar-refractivity contribution in [2.45, 2.75) is 32.7 Å². The van der Waals surface area contributed by atoms with Gasteiger partial charge in [-0.2, -0.15) is 0 Å². The predicted octanol–water partition coefficient (Wildman–Crippen LogP) is 2.10. The van der Waals surface area contributed by atoms with Gasteiger partial charge in [0.15, 0.2) is 0 Å². The van der Waals surface area contributed by atoms with Crippen LogP contribution in [-0.4, -0.2) is 30.4 Å². The number of anilines is 2. The van der Waals surface area contributed by atoms with Gasteiger partial charge in [0.1, 0.15) is 6.04 Å². The fourth-order valence-electron chi connectivity index (χ4n) is 2.61. The number of nitrogens with one attached hydrogen (secondary N) is 2. The molecule has 8 heteroatoms. The molecule has 1 atom stereocenters. The van der Waals surface area contributed by atoms with E-state index in [0.717, 1.165) is 6.42 Å². The van der Waals surface area contributed by atoms with Gasteiger partial charge in [0.25, 0.3) is 0 Å². The normalized spacial score (nSPS) is 15.5. The Hall–Kier alpha value is -2.28. The number of primary amides is 1. The van der Waals surface area contributed by atoms with Gasteiger partial charge in [-0.15, -0.1) is 0 Å². The minimum Gasteiger partial charge on any atom is -0.352 e. The molecule has 1 fully saturated rings. The Morgan fingerprint density at radius 1 is 1.33 bits per heavy atom. The molecule has 0 radical (unpaired) electrons. The molecule has 0 spiro atoms. The zero-order chi connectivity index (χ0) is 17.9. The second-order valence-electron chi connectivity index (χ2n) is 6.03. The Morgan fingerprint density at radius 3 is 2.54 bits per heavy atom. The summed E-state index contributed by atoms with van der Waals surface area (Å²) in [6.07, 6.45) is 1.33. The summed E-state index contributed by atoms with van der Waals surface area (Å²) in [7, 11) is 0. The van der Waals surface area contributed by atoms with Crippen LogP contribution in [0.25, 0.3) is 0 Å². The van der Waals surface area contributed by atoms with E-state index in [2.05, 4.69) is 10.6 Å². The molecule has 0 saturated carbocycles. The highest BCUT2D eigenvalue weighted by atomic mass is 35.5. The maximum Gasteiger partial charge on any atom is 0.312 e. The number of hydrogen-bond acceptors (Lipinski definition) is 3. The van der Waals surface area contributed by atoms with E-state index in [-0.39, 0.29) is 17.7 Å². The van der Waals surface area contributed by atoms with E-state index in [1.165, 1.54) is 0 Å². The first-order valence-corrected chi connectivity index (χ1v) is 8.14. The molecule has 1 aliphatic heterocycles. The first-order chi connectivity index (χ1) is 11.3. The highest BCUT2D eigenvalue weighted by Crippen LogP contribution is 2.31. The fraction of sp³-hybridized carbons (Fsp3) is 0.438. The van der Waals surface area contributed by atoms with E-state index in [1.54, 1.807) is 36.9 Å². The average molecular weight is 353 g/mol. The Kier molecular flexibility index (Phi) is 5.66. The number of urea groups is 1. The third-order valence-corrected chi connectivity index (χ3v) is 4.13. The summed E-state index contributed by atoms with van der Waals surface area (Å²) in [4.78, 5) is 36.8. The summed E-state index contributed by atoms with van der Waals surface area (Å²) in [6.45, 7) is 4.24. The molecule has 0 aliphatic carbocycles. The maximum atomic E-state index is 12.3. The lowest BCUT2D eigenvalue weighted by Crippen LogP contribution is -2.49. The number of nitrogens with two attached hydrogens (primary N) is 1. The second-order valence-corrected chi connectivity index (χ2v) is 6.44. The topological polar surface area (TPSA) is 105 Å². The quantitative estimate of drug-likeness (QED) is 0.755. The number of benzene rings is 1. The van der Waals surface area contributed by atoms with E-state index in [0.29, 0.717) is 29.4 Å². The zero-order valence-electron chi connectivity index (χ0n) is 13.6. The molecule has 0 unspecified atom stereocenters. The van der Waals surface area contributed by atoms with Crippen LogP contribution in [0.2, 0.25) is 5.02 Å². The van der Waals surface area contributed by atoms with Crippen LogP contribution in [0.1, 0.15) is 26.7 Å². The SMILES string of the molecule is CC(C)[C@H](NC(N)=O)C(=O)Nc1ccc(N2CCCC2=O)c(Cl)c1. The molecule has 130 valence electrons. The van der Waals surface area contributed by atoms with Crippen molar-refractivity contribution in [3.63, 3.8) is 0 Å². The minimum absolute atomic E-state index is 0.0409. The van der Waals surface area contributed by atoms with Crippen molar-refractivity contribution in [1.29, 1.82) is 0 Å². The number of hydrogen-bond donors (Lipinski definition) is 3. The molecule has 1 aliphatic rings. The summed E-state index contributed by atoms with van der Waals surface area (Å²) in [5.41, 5.74) is 6.22. The minimum atomic E-state index is -0.759. The van der Waals surface area contributed by atoms with E-state index < -0.39 is 12.1 Å². The van der Waals surface area contributed by atoms with E-state index in [1.807, 2.05) is 0 Å². The highest BCUT2D eigenvalue weighted by Gasteiger charge is 2.25. The summed E-state index contributed by atoms with van der Waals surface area (Å²) >= 11 is 6.25. The number of carbonyl (C=O) groups excluding carboxylic acids is 3. The largest absolute Gasteiger partial charge is 0.352 e. The van der Waals surface area contributed by atoms with Crippen molar-refractivity contribution in [2.75, 3.05) is 16.8 Å². The van der Waals surface area contributed by atoms with Crippen molar-refractivity contribution < 1.29 is 14.4 Å². The first-order valence-electron chi connectivity index (χ1n) is 7.76. The smallest absolute Gasteiger partial charge is 0.312 e. The lowest BCUT2D eigenvalue weighted by molar-refractivity contribution is -0.119. The molecule has 1 heterocycles. The van der Waals surface area contributed by atoms with Gasteiger partial charge >= 0.3 is 6.03 Å². The second kappa shape index (κ2) is 7.53. The van der Waals surface area contributed by atoms with Crippen LogP contribution in [0.4, 0.5) is 16.2 Å². The van der Waals surface area contributed by atoms with Crippen molar-refractivity contribution in [2.24, 2.45) is 11.7 Å². The van der Waals surface area contributed by atoms with Crippen LogP contribution >= 0.6 is 11.6 Å². The van der Waals surface area contributed by atoms with E-state index in [9.17, 15) is 14.4 Å². The number of carbonyl (C=O) groups is 3. The van der Waals surface area contributed by atoms with Crippen molar-refractivity contribution in [3.8, 4) is 0 Å². The summed E-state index contributed by atoms with van der Waals surface area (Å²) < 4.78 is 0. The van der Waals surface area contributed by atoms with Gasteiger partial charge in [-0.3, -0.25) is 9.59 Å². The molecule has 1 aromatic rings. The summed E-state index contributed by atoms with van der Waals surface area (Å²) in [5, 5.41) is 5.50. The predicted molar refractivity (Wildman–Crippen MR) is 93.0 cm³/mol. The lowest BCUT2D eigenvalue weighted by Gasteiger charge is -2.21. The van der Waals surface area contributed by atoms with Crippen LogP contribution in [0.5, 0.6) is 0 Å². The van der Waals surface area contributed by atoms with Gasteiger partial charge in [0, 0.05) is 18.7 Å². The summed E-state index contributed by atoms with van der Waals surface area (Å²) in [5.74, 6) is -0.474. The Morgan fingerprint density at radius 2 is 2.04 bits per heavy atom. The van der Waals surface area contributed by atoms with Crippen LogP contribution in [0.15, 0.2) is 18.2 Å². The fourth-order valence-corrected chi connectivity index (χ4v) is 2.90. The molecule has 1 saturated heterocycles. The molecule has 2 rings (SSSR count). The Balaban J connectivity index is 2.12. The van der Waals surface area contributed by atoms with Gasteiger partial charge in [0.05, 0.1) is 10.7 Å². The molecule has 7 nitrogen and oxygen atoms in total. The molecule has 4 N–H and O–H groups in total. The van der Waals surface area contributed by atoms with E-state index in [4.69, 9.17) is 17.3 Å². The molecular weight excluding hydrogens is 332 g/mol. The standard InChI is InChI=1S/C16H21ClN4O3/c1-9(2)14(20-16(18)24)15(23)19-10-5-6-12(11(17)8-10)21-7-3-4-13(21)22/h5-6,8-9,14H,3-4,7H2,1-2H3,(H,19,23)(H3,18,20,24)/t14-/m0/s1. The van der Waals surface area contributed by atoms with Gasteiger partial charge in [-0.05, 0) is 30.5 Å². The van der Waals surface area contributed by atoms with Gasteiger partial charge in [-0.1, -0.05) is 25.4 Å². The van der Waals surface area contributed by atoms with Gasteiger partial charge in [0.2, 0.25) is 11.8 Å². The van der Waals surface area contributed by atoms with Crippen LogP contribution in [-0.2, 0) is 9.59 Å². The highest BCUT2D eigenvalue weighted by molar-refractivity contribution is 6.34. The number of nitrogens with zero attached hydrogens (tertiary/aromatic N) is 1. The van der Waals surface area contributed by atoms with E-state index >= 15 is 0 Å². The molecule has 0 aromatic heterocycles. The van der Waals surface area contributed by atoms with Crippen LogP contribution in [0.3, 0.4) is 0 Å². The Bertz CT molecular complexity index is 663. The number of amides is 4. The van der Waals surface area contributed by atoms with Crippen molar-refractivity contribution in [1.82, 2.24) is 5.32 Å². The van der Waals surface area contributed by atoms with Crippen LogP contribution < -0.4 is 21.3 Å². The van der Waals surface area contributed by atoms with Gasteiger partial charge < -0.3 is 21.3 Å². The molecule has 24 heavy (non-hydrogen) atoms. The molecule has 1 aromatic carbocycles.